The molecule has 1 aromatic heterocycles. The molecule has 6 nitrogen and oxygen atoms in total. The Morgan fingerprint density at radius 2 is 1.88 bits per heavy atom. The summed E-state index contributed by atoms with van der Waals surface area (Å²) in [5.74, 6) is 1.44. The van der Waals surface area contributed by atoms with Crippen LogP contribution in [0.1, 0.15) is 52.1 Å². The number of hydrogen-bond donors (Lipinski definition) is 0. The van der Waals surface area contributed by atoms with Gasteiger partial charge in [-0.1, -0.05) is 44.7 Å². The molecule has 0 saturated heterocycles. The summed E-state index contributed by atoms with van der Waals surface area (Å²) >= 11 is 1.30. The molecule has 0 aliphatic carbocycles. The highest BCUT2D eigenvalue weighted by atomic mass is 32.2. The molecule has 0 radical (unpaired) electrons. The van der Waals surface area contributed by atoms with E-state index in [0.717, 1.165) is 5.75 Å². The van der Waals surface area contributed by atoms with E-state index < -0.39 is 0 Å². The summed E-state index contributed by atoms with van der Waals surface area (Å²) in [5.41, 5.74) is 1.37. The molecule has 26 heavy (non-hydrogen) atoms. The lowest BCUT2D eigenvalue weighted by molar-refractivity contribution is -0.139. The number of ether oxygens (including phenoxy) is 2. The van der Waals surface area contributed by atoms with Crippen molar-refractivity contribution in [3.63, 3.8) is 0 Å². The standard InChI is InChI=1S/C19H27N3O3S/c1-7-24-16(23)12-26-18-21-20-17(22(18)6)13(2)25-15-10-8-14(9-11-15)19(3,4)5/h8-11,13H,7,12H2,1-6H3. The highest BCUT2D eigenvalue weighted by molar-refractivity contribution is 7.99. The van der Waals surface area contributed by atoms with Crippen LogP contribution in [0.15, 0.2) is 29.4 Å². The van der Waals surface area contributed by atoms with E-state index in [0.29, 0.717) is 17.6 Å². The summed E-state index contributed by atoms with van der Waals surface area (Å²) in [6.45, 7) is 10.6. The number of nitrogens with zero attached hydrogens (tertiary/aromatic N) is 3. The molecule has 142 valence electrons. The van der Waals surface area contributed by atoms with Crippen molar-refractivity contribution in [2.75, 3.05) is 12.4 Å². The van der Waals surface area contributed by atoms with Gasteiger partial charge in [0.2, 0.25) is 0 Å². The van der Waals surface area contributed by atoms with E-state index in [9.17, 15) is 4.79 Å². The number of benzene rings is 1. The Kier molecular flexibility index (Phi) is 6.69. The number of carbonyl (C=O) groups is 1. The van der Waals surface area contributed by atoms with Crippen molar-refractivity contribution in [2.24, 2.45) is 7.05 Å². The van der Waals surface area contributed by atoms with Gasteiger partial charge in [-0.05, 0) is 37.0 Å². The first-order valence-electron chi connectivity index (χ1n) is 8.67. The van der Waals surface area contributed by atoms with Crippen LogP contribution in [0.25, 0.3) is 0 Å². The maximum atomic E-state index is 11.5. The molecule has 0 bridgehead atoms. The van der Waals surface area contributed by atoms with E-state index in [1.807, 2.05) is 30.7 Å². The Bertz CT molecular complexity index is 735. The Balaban J connectivity index is 2.01. The monoisotopic (exact) mass is 377 g/mol. The summed E-state index contributed by atoms with van der Waals surface area (Å²) in [4.78, 5) is 11.5. The fourth-order valence-electron chi connectivity index (χ4n) is 2.42. The minimum Gasteiger partial charge on any atom is -0.483 e. The van der Waals surface area contributed by atoms with Crippen molar-refractivity contribution >= 4 is 17.7 Å². The number of rotatable bonds is 7. The maximum Gasteiger partial charge on any atom is 0.316 e. The van der Waals surface area contributed by atoms with Crippen molar-refractivity contribution in [1.82, 2.24) is 14.8 Å². The van der Waals surface area contributed by atoms with E-state index in [1.54, 1.807) is 6.92 Å². The van der Waals surface area contributed by atoms with E-state index in [-0.39, 0.29) is 23.2 Å². The molecule has 0 aliphatic heterocycles. The zero-order valence-electron chi connectivity index (χ0n) is 16.3. The van der Waals surface area contributed by atoms with Gasteiger partial charge >= 0.3 is 5.97 Å². The van der Waals surface area contributed by atoms with Crippen LogP contribution in [-0.4, -0.2) is 33.1 Å². The van der Waals surface area contributed by atoms with Crippen LogP contribution in [0.2, 0.25) is 0 Å². The molecular formula is C19H27N3O3S. The number of carbonyl (C=O) groups excluding carboxylic acids is 1. The van der Waals surface area contributed by atoms with Gasteiger partial charge < -0.3 is 14.0 Å². The average molecular weight is 378 g/mol. The molecule has 2 aromatic rings. The summed E-state index contributed by atoms with van der Waals surface area (Å²) in [5, 5.41) is 9.01. The fourth-order valence-corrected chi connectivity index (χ4v) is 3.14. The molecule has 0 amide bonds. The van der Waals surface area contributed by atoms with Crippen LogP contribution in [0, 0.1) is 0 Å². The molecule has 1 atom stereocenters. The minimum absolute atomic E-state index is 0.110. The molecule has 0 N–H and O–H groups in total. The van der Waals surface area contributed by atoms with Crippen LogP contribution < -0.4 is 4.74 Å². The quantitative estimate of drug-likeness (QED) is 0.538. The molecule has 2 rings (SSSR count). The molecular weight excluding hydrogens is 350 g/mol. The lowest BCUT2D eigenvalue weighted by Crippen LogP contribution is -2.12. The lowest BCUT2D eigenvalue weighted by atomic mass is 9.87. The molecule has 0 spiro atoms. The third kappa shape index (κ3) is 5.24. The topological polar surface area (TPSA) is 66.2 Å². The fraction of sp³-hybridized carbons (Fsp3) is 0.526. The predicted molar refractivity (Wildman–Crippen MR) is 103 cm³/mol. The highest BCUT2D eigenvalue weighted by Gasteiger charge is 2.19. The molecule has 7 heteroatoms. The van der Waals surface area contributed by atoms with Crippen LogP contribution >= 0.6 is 11.8 Å². The van der Waals surface area contributed by atoms with E-state index >= 15 is 0 Å². The Labute approximate surface area is 159 Å². The summed E-state index contributed by atoms with van der Waals surface area (Å²) < 4.78 is 12.8. The van der Waals surface area contributed by atoms with Crippen LogP contribution in [-0.2, 0) is 22.0 Å². The first-order valence-corrected chi connectivity index (χ1v) is 9.65. The van der Waals surface area contributed by atoms with Crippen LogP contribution in [0.5, 0.6) is 5.75 Å². The first-order chi connectivity index (χ1) is 12.2. The van der Waals surface area contributed by atoms with Gasteiger partial charge in [0.05, 0.1) is 12.4 Å². The summed E-state index contributed by atoms with van der Waals surface area (Å²) in [6, 6.07) is 8.12. The number of esters is 1. The lowest BCUT2D eigenvalue weighted by Gasteiger charge is -2.20. The molecule has 0 fully saturated rings. The van der Waals surface area contributed by atoms with Crippen LogP contribution in [0.4, 0.5) is 0 Å². The smallest absolute Gasteiger partial charge is 0.316 e. The second-order valence-electron chi connectivity index (χ2n) is 7.03. The van der Waals surface area contributed by atoms with Gasteiger partial charge in [-0.15, -0.1) is 10.2 Å². The van der Waals surface area contributed by atoms with Gasteiger partial charge in [0, 0.05) is 7.05 Å². The second kappa shape index (κ2) is 8.58. The highest BCUT2D eigenvalue weighted by Crippen LogP contribution is 2.27. The van der Waals surface area contributed by atoms with E-state index in [2.05, 4.69) is 43.1 Å². The number of aromatic nitrogens is 3. The van der Waals surface area contributed by atoms with Crippen molar-refractivity contribution in [3.8, 4) is 5.75 Å². The van der Waals surface area contributed by atoms with Gasteiger partial charge in [-0.25, -0.2) is 0 Å². The second-order valence-corrected chi connectivity index (χ2v) is 7.97. The summed E-state index contributed by atoms with van der Waals surface area (Å²) in [6.07, 6.45) is -0.259. The predicted octanol–water partition coefficient (Wildman–Crippen LogP) is 3.91. The molecule has 1 heterocycles. The SMILES string of the molecule is CCOC(=O)CSc1nnc(C(C)Oc2ccc(C(C)(C)C)cc2)n1C. The van der Waals surface area contributed by atoms with E-state index in [1.165, 1.54) is 17.3 Å². The normalized spacial score (nSPS) is 12.7. The van der Waals surface area contributed by atoms with Crippen LogP contribution in [0.3, 0.4) is 0 Å². The van der Waals surface area contributed by atoms with Gasteiger partial charge in [-0.3, -0.25) is 4.79 Å². The van der Waals surface area contributed by atoms with Crippen molar-refractivity contribution in [3.05, 3.63) is 35.7 Å². The molecule has 0 saturated carbocycles. The number of hydrogen-bond acceptors (Lipinski definition) is 6. The Morgan fingerprint density at radius 3 is 2.46 bits per heavy atom. The Morgan fingerprint density at radius 1 is 1.23 bits per heavy atom. The molecule has 0 aliphatic rings. The minimum atomic E-state index is -0.259. The van der Waals surface area contributed by atoms with Gasteiger partial charge in [0.1, 0.15) is 5.75 Å². The largest absolute Gasteiger partial charge is 0.483 e. The molecule has 1 aromatic carbocycles. The third-order valence-electron chi connectivity index (χ3n) is 3.89. The van der Waals surface area contributed by atoms with Crippen molar-refractivity contribution < 1.29 is 14.3 Å². The summed E-state index contributed by atoms with van der Waals surface area (Å²) in [7, 11) is 1.87. The van der Waals surface area contributed by atoms with Gasteiger partial charge in [0.25, 0.3) is 0 Å². The van der Waals surface area contributed by atoms with Gasteiger partial charge in [-0.2, -0.15) is 0 Å². The number of thioether (sulfide) groups is 1. The van der Waals surface area contributed by atoms with Gasteiger partial charge in [0.15, 0.2) is 17.1 Å². The zero-order valence-corrected chi connectivity index (χ0v) is 17.1. The average Bonchev–Trinajstić information content (AvgIpc) is 2.94. The van der Waals surface area contributed by atoms with Crippen molar-refractivity contribution in [2.45, 2.75) is 51.3 Å². The van der Waals surface area contributed by atoms with E-state index in [4.69, 9.17) is 9.47 Å². The zero-order chi connectivity index (χ0) is 19.3. The maximum absolute atomic E-state index is 11.5. The van der Waals surface area contributed by atoms with Crippen molar-refractivity contribution in [1.29, 1.82) is 0 Å². The molecule has 1 unspecified atom stereocenters. The third-order valence-corrected chi connectivity index (χ3v) is 4.88. The first kappa shape index (κ1) is 20.3. The Hall–Kier alpha value is -2.02.